The van der Waals surface area contributed by atoms with E-state index in [0.717, 1.165) is 31.8 Å². The molecule has 0 aromatic heterocycles. The van der Waals surface area contributed by atoms with E-state index >= 15 is 0 Å². The maximum atomic E-state index is 8.58. The van der Waals surface area contributed by atoms with Crippen LogP contribution in [0.25, 0.3) is 0 Å². The molecule has 110 valence electrons. The van der Waals surface area contributed by atoms with Crippen LogP contribution in [0.2, 0.25) is 0 Å². The number of rotatable bonds is 6. The normalized spacial score (nSPS) is 20.2. The number of methoxy groups -OCH3 is 1. The van der Waals surface area contributed by atoms with E-state index < -0.39 is 0 Å². The van der Waals surface area contributed by atoms with E-state index in [2.05, 4.69) is 10.1 Å². The highest BCUT2D eigenvalue weighted by atomic mass is 16.5. The Labute approximate surface area is 118 Å². The summed E-state index contributed by atoms with van der Waals surface area (Å²) in [5, 5.41) is 11.5. The summed E-state index contributed by atoms with van der Waals surface area (Å²) in [5.74, 6) is 0.876. The zero-order valence-electron chi connectivity index (χ0n) is 11.7. The molecule has 1 aliphatic rings. The molecule has 2 rings (SSSR count). The Balaban J connectivity index is 1.74. The van der Waals surface area contributed by atoms with Gasteiger partial charge in [0.1, 0.15) is 12.4 Å². The minimum absolute atomic E-state index is 0.0965. The SMILES string of the molecule is COC1CCN(CCOc2ccc(/C(N)=N/O)cc2)C1. The largest absolute Gasteiger partial charge is 0.492 e. The van der Waals surface area contributed by atoms with Gasteiger partial charge in [0.2, 0.25) is 0 Å². The van der Waals surface area contributed by atoms with E-state index in [-0.39, 0.29) is 5.84 Å². The molecule has 0 bridgehead atoms. The quantitative estimate of drug-likeness (QED) is 0.350. The predicted octanol–water partition coefficient (Wildman–Crippen LogP) is 0.881. The number of amidine groups is 1. The molecule has 1 atom stereocenters. The van der Waals surface area contributed by atoms with Crippen LogP contribution in [0.5, 0.6) is 5.75 Å². The number of oxime groups is 1. The molecule has 6 nitrogen and oxygen atoms in total. The number of hydrogen-bond acceptors (Lipinski definition) is 5. The summed E-state index contributed by atoms with van der Waals surface area (Å²) in [6.45, 7) is 3.56. The molecule has 0 amide bonds. The summed E-state index contributed by atoms with van der Waals surface area (Å²) in [6, 6.07) is 7.16. The van der Waals surface area contributed by atoms with Crippen molar-refractivity contribution in [3.63, 3.8) is 0 Å². The Hall–Kier alpha value is -1.79. The highest BCUT2D eigenvalue weighted by Crippen LogP contribution is 2.14. The molecule has 0 aliphatic carbocycles. The van der Waals surface area contributed by atoms with Crippen LogP contribution in [-0.2, 0) is 4.74 Å². The van der Waals surface area contributed by atoms with Crippen LogP contribution in [0, 0.1) is 0 Å². The number of ether oxygens (including phenoxy) is 2. The lowest BCUT2D eigenvalue weighted by molar-refractivity contribution is 0.106. The van der Waals surface area contributed by atoms with Crippen molar-refractivity contribution < 1.29 is 14.7 Å². The Kier molecular flexibility index (Phi) is 5.20. The molecule has 0 radical (unpaired) electrons. The molecule has 1 fully saturated rings. The topological polar surface area (TPSA) is 80.3 Å². The summed E-state index contributed by atoms with van der Waals surface area (Å²) in [6.07, 6.45) is 1.44. The highest BCUT2D eigenvalue weighted by Gasteiger charge is 2.21. The third-order valence-electron chi connectivity index (χ3n) is 3.50. The lowest BCUT2D eigenvalue weighted by atomic mass is 10.2. The third-order valence-corrected chi connectivity index (χ3v) is 3.50. The molecule has 1 aromatic rings. The molecule has 0 saturated carbocycles. The van der Waals surface area contributed by atoms with Gasteiger partial charge in [-0.15, -0.1) is 0 Å². The van der Waals surface area contributed by atoms with Crippen molar-refractivity contribution in [1.82, 2.24) is 4.90 Å². The van der Waals surface area contributed by atoms with E-state index in [4.69, 9.17) is 20.4 Å². The van der Waals surface area contributed by atoms with Gasteiger partial charge in [-0.3, -0.25) is 4.90 Å². The van der Waals surface area contributed by atoms with Crippen molar-refractivity contribution >= 4 is 5.84 Å². The smallest absolute Gasteiger partial charge is 0.170 e. The lowest BCUT2D eigenvalue weighted by Gasteiger charge is -2.16. The van der Waals surface area contributed by atoms with Gasteiger partial charge in [-0.1, -0.05) is 5.16 Å². The number of benzene rings is 1. The number of nitrogens with two attached hydrogens (primary N) is 1. The number of hydrogen-bond donors (Lipinski definition) is 2. The first-order valence-electron chi connectivity index (χ1n) is 6.69. The van der Waals surface area contributed by atoms with Crippen molar-refractivity contribution in [2.75, 3.05) is 33.4 Å². The fraction of sp³-hybridized carbons (Fsp3) is 0.500. The molecule has 6 heteroatoms. The van der Waals surface area contributed by atoms with Gasteiger partial charge in [-0.05, 0) is 30.7 Å². The van der Waals surface area contributed by atoms with Gasteiger partial charge >= 0.3 is 0 Å². The molecule has 3 N–H and O–H groups in total. The van der Waals surface area contributed by atoms with Crippen LogP contribution in [0.3, 0.4) is 0 Å². The second kappa shape index (κ2) is 7.12. The summed E-state index contributed by atoms with van der Waals surface area (Å²) in [4.78, 5) is 2.33. The van der Waals surface area contributed by atoms with Crippen LogP contribution in [0.15, 0.2) is 29.4 Å². The summed E-state index contributed by atoms with van der Waals surface area (Å²) < 4.78 is 11.0. The second-order valence-corrected chi connectivity index (χ2v) is 4.81. The Morgan fingerprint density at radius 3 is 2.80 bits per heavy atom. The van der Waals surface area contributed by atoms with Crippen LogP contribution in [0.1, 0.15) is 12.0 Å². The van der Waals surface area contributed by atoms with Gasteiger partial charge in [0.15, 0.2) is 5.84 Å². The third kappa shape index (κ3) is 3.85. The molecule has 1 saturated heterocycles. The summed E-state index contributed by atoms with van der Waals surface area (Å²) in [7, 11) is 1.76. The van der Waals surface area contributed by atoms with E-state index in [9.17, 15) is 0 Å². The second-order valence-electron chi connectivity index (χ2n) is 4.81. The standard InChI is InChI=1S/C14H21N3O3/c1-19-13-6-7-17(10-13)8-9-20-12-4-2-11(3-5-12)14(15)16-18/h2-5,13,18H,6-10H2,1H3,(H2,15,16). The monoisotopic (exact) mass is 279 g/mol. The number of nitrogens with zero attached hydrogens (tertiary/aromatic N) is 2. The van der Waals surface area contributed by atoms with Gasteiger partial charge in [0, 0.05) is 32.3 Å². The zero-order valence-corrected chi connectivity index (χ0v) is 11.7. The minimum Gasteiger partial charge on any atom is -0.492 e. The summed E-state index contributed by atoms with van der Waals surface area (Å²) in [5.41, 5.74) is 6.16. The first kappa shape index (κ1) is 14.6. The maximum absolute atomic E-state index is 8.58. The maximum Gasteiger partial charge on any atom is 0.170 e. The van der Waals surface area contributed by atoms with Crippen molar-refractivity contribution in [1.29, 1.82) is 0 Å². The first-order valence-corrected chi connectivity index (χ1v) is 6.69. The lowest BCUT2D eigenvalue weighted by Crippen LogP contribution is -2.27. The van der Waals surface area contributed by atoms with Gasteiger partial charge in [-0.2, -0.15) is 0 Å². The molecule has 1 aliphatic heterocycles. The van der Waals surface area contributed by atoms with Crippen molar-refractivity contribution in [3.05, 3.63) is 29.8 Å². The first-order chi connectivity index (χ1) is 9.72. The molecule has 1 unspecified atom stereocenters. The molecular weight excluding hydrogens is 258 g/mol. The fourth-order valence-corrected chi connectivity index (χ4v) is 2.26. The Bertz CT molecular complexity index is 447. The van der Waals surface area contributed by atoms with Crippen molar-refractivity contribution in [2.24, 2.45) is 10.9 Å². The minimum atomic E-state index is 0.0965. The highest BCUT2D eigenvalue weighted by molar-refractivity contribution is 5.97. The average molecular weight is 279 g/mol. The van der Waals surface area contributed by atoms with Gasteiger partial charge < -0.3 is 20.4 Å². The predicted molar refractivity (Wildman–Crippen MR) is 76.3 cm³/mol. The molecule has 20 heavy (non-hydrogen) atoms. The van der Waals surface area contributed by atoms with Crippen molar-refractivity contribution in [2.45, 2.75) is 12.5 Å². The van der Waals surface area contributed by atoms with Crippen LogP contribution in [-0.4, -0.2) is 55.4 Å². The average Bonchev–Trinajstić information content (AvgIpc) is 2.95. The zero-order chi connectivity index (χ0) is 14.4. The Morgan fingerprint density at radius 1 is 1.45 bits per heavy atom. The van der Waals surface area contributed by atoms with Crippen LogP contribution < -0.4 is 10.5 Å². The van der Waals surface area contributed by atoms with E-state index in [1.54, 1.807) is 19.2 Å². The van der Waals surface area contributed by atoms with Gasteiger partial charge in [0.05, 0.1) is 6.10 Å². The van der Waals surface area contributed by atoms with E-state index in [1.165, 1.54) is 0 Å². The van der Waals surface area contributed by atoms with Crippen molar-refractivity contribution in [3.8, 4) is 5.75 Å². The Morgan fingerprint density at radius 2 is 2.20 bits per heavy atom. The number of likely N-dealkylation sites (tertiary alicyclic amines) is 1. The molecule has 1 heterocycles. The molecule has 0 spiro atoms. The van der Waals surface area contributed by atoms with E-state index in [0.29, 0.717) is 18.3 Å². The van der Waals surface area contributed by atoms with Gasteiger partial charge in [-0.25, -0.2) is 0 Å². The summed E-state index contributed by atoms with van der Waals surface area (Å²) >= 11 is 0. The van der Waals surface area contributed by atoms with Crippen LogP contribution >= 0.6 is 0 Å². The van der Waals surface area contributed by atoms with E-state index in [1.807, 2.05) is 12.1 Å². The van der Waals surface area contributed by atoms with Crippen LogP contribution in [0.4, 0.5) is 0 Å². The fourth-order valence-electron chi connectivity index (χ4n) is 2.26. The molecular formula is C14H21N3O3. The molecule has 1 aromatic carbocycles. The van der Waals surface area contributed by atoms with Gasteiger partial charge in [0.25, 0.3) is 0 Å².